The minimum Gasteiger partial charge on any atom is -0.469 e. The van der Waals surface area contributed by atoms with Crippen LogP contribution in [0.25, 0.3) is 0 Å². The molecule has 6 nitrogen and oxygen atoms in total. The zero-order valence-electron chi connectivity index (χ0n) is 11.6. The van der Waals surface area contributed by atoms with Crippen LogP contribution in [0.3, 0.4) is 0 Å². The van der Waals surface area contributed by atoms with Crippen LogP contribution in [-0.2, 0) is 9.53 Å². The van der Waals surface area contributed by atoms with Gasteiger partial charge in [0.05, 0.1) is 23.7 Å². The maximum absolute atomic E-state index is 12.3. The summed E-state index contributed by atoms with van der Waals surface area (Å²) in [4.78, 5) is 37.3. The lowest BCUT2D eigenvalue weighted by Crippen LogP contribution is -2.42. The monoisotopic (exact) mass is 276 g/mol. The second-order valence-corrected chi connectivity index (χ2v) is 5.34. The molecule has 0 aromatic heterocycles. The highest BCUT2D eigenvalue weighted by Gasteiger charge is 2.42. The van der Waals surface area contributed by atoms with Gasteiger partial charge in [0.2, 0.25) is 0 Å². The van der Waals surface area contributed by atoms with Gasteiger partial charge in [0, 0.05) is 12.2 Å². The number of methoxy groups -OCH3 is 1. The summed E-state index contributed by atoms with van der Waals surface area (Å²) < 4.78 is 4.68. The SMILES string of the molecule is COC(=O)C(C)(C)CN1C(=O)c2cccc(N)c2C1=O. The fourth-order valence-electron chi connectivity index (χ4n) is 2.24. The highest BCUT2D eigenvalue weighted by molar-refractivity contribution is 6.23. The molecule has 20 heavy (non-hydrogen) atoms. The molecule has 1 heterocycles. The third-order valence-corrected chi connectivity index (χ3v) is 3.32. The standard InChI is InChI=1S/C14H16N2O4/c1-14(2,13(19)20-3)7-16-11(17)8-5-4-6-9(15)10(8)12(16)18/h4-6H,7,15H2,1-3H3. The van der Waals surface area contributed by atoms with Gasteiger partial charge in [-0.3, -0.25) is 19.3 Å². The number of hydrogen-bond donors (Lipinski definition) is 1. The van der Waals surface area contributed by atoms with Crippen LogP contribution >= 0.6 is 0 Å². The molecule has 1 aliphatic heterocycles. The zero-order chi connectivity index (χ0) is 15.1. The number of carbonyl (C=O) groups is 3. The molecule has 1 aromatic rings. The Kier molecular flexibility index (Phi) is 3.25. The maximum atomic E-state index is 12.3. The molecule has 6 heteroatoms. The Bertz CT molecular complexity index is 607. The first-order chi connectivity index (χ1) is 9.29. The van der Waals surface area contributed by atoms with E-state index in [9.17, 15) is 14.4 Å². The van der Waals surface area contributed by atoms with Gasteiger partial charge in [-0.2, -0.15) is 0 Å². The van der Waals surface area contributed by atoms with Crippen LogP contribution in [-0.4, -0.2) is 36.3 Å². The van der Waals surface area contributed by atoms with E-state index in [0.29, 0.717) is 0 Å². The first kappa shape index (κ1) is 14.0. The van der Waals surface area contributed by atoms with Gasteiger partial charge in [0.25, 0.3) is 11.8 Å². The van der Waals surface area contributed by atoms with Gasteiger partial charge in [0.1, 0.15) is 0 Å². The molecule has 0 spiro atoms. The Morgan fingerprint density at radius 1 is 1.30 bits per heavy atom. The predicted octanol–water partition coefficient (Wildman–Crippen LogP) is 1.06. The number of fused-ring (bicyclic) bond motifs is 1. The number of nitrogen functional groups attached to an aromatic ring is 1. The molecule has 0 saturated heterocycles. The number of nitrogens with zero attached hydrogens (tertiary/aromatic N) is 1. The van der Waals surface area contributed by atoms with Crippen LogP contribution in [0.5, 0.6) is 0 Å². The third kappa shape index (κ3) is 2.03. The fourth-order valence-corrected chi connectivity index (χ4v) is 2.24. The third-order valence-electron chi connectivity index (χ3n) is 3.32. The van der Waals surface area contributed by atoms with E-state index in [2.05, 4.69) is 4.74 Å². The molecule has 0 unspecified atom stereocenters. The van der Waals surface area contributed by atoms with E-state index in [1.165, 1.54) is 7.11 Å². The van der Waals surface area contributed by atoms with Crippen LogP contribution in [0.2, 0.25) is 0 Å². The van der Waals surface area contributed by atoms with E-state index >= 15 is 0 Å². The molecule has 0 aliphatic carbocycles. The number of carbonyl (C=O) groups excluding carboxylic acids is 3. The topological polar surface area (TPSA) is 89.7 Å². The summed E-state index contributed by atoms with van der Waals surface area (Å²) in [5, 5.41) is 0. The van der Waals surface area contributed by atoms with E-state index in [1.807, 2.05) is 0 Å². The molecule has 0 radical (unpaired) electrons. The number of nitrogens with two attached hydrogens (primary N) is 1. The van der Waals surface area contributed by atoms with Crippen molar-refractivity contribution in [3.63, 3.8) is 0 Å². The highest BCUT2D eigenvalue weighted by Crippen LogP contribution is 2.30. The van der Waals surface area contributed by atoms with Crippen molar-refractivity contribution in [2.45, 2.75) is 13.8 Å². The molecular weight excluding hydrogens is 260 g/mol. The molecule has 0 bridgehead atoms. The van der Waals surface area contributed by atoms with E-state index < -0.39 is 23.2 Å². The van der Waals surface area contributed by atoms with Gasteiger partial charge >= 0.3 is 5.97 Å². The van der Waals surface area contributed by atoms with Crippen molar-refractivity contribution in [1.29, 1.82) is 0 Å². The van der Waals surface area contributed by atoms with Crippen LogP contribution in [0.1, 0.15) is 34.6 Å². The summed E-state index contributed by atoms with van der Waals surface area (Å²) in [5.41, 5.74) is 5.51. The predicted molar refractivity (Wildman–Crippen MR) is 72.0 cm³/mol. The molecule has 1 aliphatic rings. The minimum atomic E-state index is -0.975. The number of anilines is 1. The number of ether oxygens (including phenoxy) is 1. The Morgan fingerprint density at radius 2 is 1.95 bits per heavy atom. The molecule has 2 amide bonds. The number of rotatable bonds is 3. The van der Waals surface area contributed by atoms with Crippen molar-refractivity contribution in [3.8, 4) is 0 Å². The van der Waals surface area contributed by atoms with Gasteiger partial charge < -0.3 is 10.5 Å². The van der Waals surface area contributed by atoms with Crippen molar-refractivity contribution in [2.75, 3.05) is 19.4 Å². The summed E-state index contributed by atoms with van der Waals surface area (Å²) in [7, 11) is 1.27. The number of benzene rings is 1. The molecule has 106 valence electrons. The van der Waals surface area contributed by atoms with Crippen LogP contribution < -0.4 is 5.73 Å². The molecule has 0 atom stereocenters. The van der Waals surface area contributed by atoms with Crippen molar-refractivity contribution in [2.24, 2.45) is 5.41 Å². The summed E-state index contributed by atoms with van der Waals surface area (Å²) in [6.45, 7) is 3.18. The van der Waals surface area contributed by atoms with Gasteiger partial charge in [-0.25, -0.2) is 0 Å². The van der Waals surface area contributed by atoms with E-state index in [1.54, 1.807) is 32.0 Å². The van der Waals surface area contributed by atoms with Gasteiger partial charge in [0.15, 0.2) is 0 Å². The Labute approximate surface area is 116 Å². The molecule has 0 saturated carbocycles. The lowest BCUT2D eigenvalue weighted by Gasteiger charge is -2.26. The maximum Gasteiger partial charge on any atom is 0.313 e. The average molecular weight is 276 g/mol. The van der Waals surface area contributed by atoms with Gasteiger partial charge in [-0.1, -0.05) is 6.07 Å². The van der Waals surface area contributed by atoms with Crippen molar-refractivity contribution in [1.82, 2.24) is 4.90 Å². The average Bonchev–Trinajstić information content (AvgIpc) is 2.64. The van der Waals surface area contributed by atoms with Crippen LogP contribution in [0.15, 0.2) is 18.2 Å². The van der Waals surface area contributed by atoms with Crippen molar-refractivity contribution in [3.05, 3.63) is 29.3 Å². The Balaban J connectivity index is 2.34. The van der Waals surface area contributed by atoms with E-state index in [-0.39, 0.29) is 23.4 Å². The minimum absolute atomic E-state index is 0.0501. The summed E-state index contributed by atoms with van der Waals surface area (Å²) in [6, 6.07) is 4.74. The largest absolute Gasteiger partial charge is 0.469 e. The Morgan fingerprint density at radius 3 is 2.50 bits per heavy atom. The lowest BCUT2D eigenvalue weighted by atomic mass is 9.93. The molecule has 1 aromatic carbocycles. The fraction of sp³-hybridized carbons (Fsp3) is 0.357. The summed E-state index contributed by atoms with van der Waals surface area (Å²) in [6.07, 6.45) is 0. The van der Waals surface area contributed by atoms with Gasteiger partial charge in [-0.05, 0) is 26.0 Å². The highest BCUT2D eigenvalue weighted by atomic mass is 16.5. The first-order valence-corrected chi connectivity index (χ1v) is 6.12. The normalized spacial score (nSPS) is 14.4. The summed E-state index contributed by atoms with van der Waals surface area (Å²) in [5.74, 6) is -1.39. The van der Waals surface area contributed by atoms with Gasteiger partial charge in [-0.15, -0.1) is 0 Å². The number of esters is 1. The Hall–Kier alpha value is -2.37. The van der Waals surface area contributed by atoms with E-state index in [0.717, 1.165) is 4.90 Å². The lowest BCUT2D eigenvalue weighted by molar-refractivity contribution is -0.151. The molecule has 2 N–H and O–H groups in total. The van der Waals surface area contributed by atoms with Crippen molar-refractivity contribution < 1.29 is 19.1 Å². The smallest absolute Gasteiger partial charge is 0.313 e. The second-order valence-electron chi connectivity index (χ2n) is 5.34. The van der Waals surface area contributed by atoms with E-state index in [4.69, 9.17) is 5.73 Å². The quantitative estimate of drug-likeness (QED) is 0.506. The number of hydrogen-bond acceptors (Lipinski definition) is 5. The molecule has 0 fully saturated rings. The van der Waals surface area contributed by atoms with Crippen molar-refractivity contribution >= 4 is 23.5 Å². The molecular formula is C14H16N2O4. The second kappa shape index (κ2) is 4.63. The number of imide groups is 1. The molecule has 2 rings (SSSR count). The zero-order valence-corrected chi connectivity index (χ0v) is 11.6. The van der Waals surface area contributed by atoms with Crippen LogP contribution in [0, 0.1) is 5.41 Å². The summed E-state index contributed by atoms with van der Waals surface area (Å²) >= 11 is 0. The number of amides is 2. The first-order valence-electron chi connectivity index (χ1n) is 6.12. The van der Waals surface area contributed by atoms with Crippen LogP contribution in [0.4, 0.5) is 5.69 Å².